The van der Waals surface area contributed by atoms with Crippen LogP contribution in [0.15, 0.2) is 15.6 Å². The van der Waals surface area contributed by atoms with Crippen LogP contribution in [0.1, 0.15) is 31.4 Å². The van der Waals surface area contributed by atoms with Crippen molar-refractivity contribution in [2.75, 3.05) is 19.7 Å². The van der Waals surface area contributed by atoms with Crippen LogP contribution < -0.4 is 0 Å². The van der Waals surface area contributed by atoms with Gasteiger partial charge in [-0.3, -0.25) is 0 Å². The highest BCUT2D eigenvalue weighted by molar-refractivity contribution is 7.89. The summed E-state index contributed by atoms with van der Waals surface area (Å²) in [5.74, 6) is 0.163. The van der Waals surface area contributed by atoms with Gasteiger partial charge < -0.3 is 5.11 Å². The molecule has 2 fully saturated rings. The first kappa shape index (κ1) is 16.9. The molecule has 0 radical (unpaired) electrons. The smallest absolute Gasteiger partial charge is 0.245 e. The molecule has 0 bridgehead atoms. The molecule has 2 aromatic rings. The Hall–Kier alpha value is -1.51. The Labute approximate surface area is 147 Å². The second-order valence-corrected chi connectivity index (χ2v) is 10.2. The molecule has 0 amide bonds. The summed E-state index contributed by atoms with van der Waals surface area (Å²) in [7, 11) is -3.75. The van der Waals surface area contributed by atoms with E-state index in [-0.39, 0.29) is 33.8 Å². The van der Waals surface area contributed by atoms with E-state index in [9.17, 15) is 13.5 Å². The summed E-state index contributed by atoms with van der Waals surface area (Å²) in [6, 6.07) is 1.80. The van der Waals surface area contributed by atoms with Gasteiger partial charge in [0.2, 0.25) is 10.0 Å². The zero-order valence-corrected chi connectivity index (χ0v) is 15.7. The van der Waals surface area contributed by atoms with E-state index in [1.807, 2.05) is 6.92 Å². The molecule has 1 aliphatic carbocycles. The van der Waals surface area contributed by atoms with Crippen molar-refractivity contribution in [3.05, 3.63) is 17.2 Å². The first-order chi connectivity index (χ1) is 11.6. The van der Waals surface area contributed by atoms with Crippen LogP contribution in [0.25, 0.3) is 11.0 Å². The highest BCUT2D eigenvalue weighted by Crippen LogP contribution is 2.63. The number of nitrogens with zero attached hydrogens (tertiary/aromatic N) is 3. The number of hydrogen-bond acceptors (Lipinski definition) is 6. The van der Waals surface area contributed by atoms with Gasteiger partial charge in [0.15, 0.2) is 5.52 Å². The lowest BCUT2D eigenvalue weighted by Crippen LogP contribution is -2.54. The summed E-state index contributed by atoms with van der Waals surface area (Å²) in [5.41, 5.74) is 1.95. The Kier molecular flexibility index (Phi) is 3.40. The molecular weight excluding hydrogens is 342 g/mol. The van der Waals surface area contributed by atoms with Crippen molar-refractivity contribution >= 4 is 21.1 Å². The number of fused-ring (bicyclic) bond motifs is 2. The summed E-state index contributed by atoms with van der Waals surface area (Å²) in [6.45, 7) is 8.69. The Bertz CT molecular complexity index is 966. The zero-order chi connectivity index (χ0) is 18.2. The zero-order valence-electron chi connectivity index (χ0n) is 14.9. The minimum absolute atomic E-state index is 0.0148. The number of benzene rings is 1. The first-order valence-electron chi connectivity index (χ1n) is 8.46. The topological polar surface area (TPSA) is 96.5 Å². The monoisotopic (exact) mass is 365 g/mol. The number of rotatable bonds is 3. The van der Waals surface area contributed by atoms with E-state index in [0.29, 0.717) is 24.2 Å². The Morgan fingerprint density at radius 1 is 1.28 bits per heavy atom. The van der Waals surface area contributed by atoms with Gasteiger partial charge in [0.25, 0.3) is 0 Å². The van der Waals surface area contributed by atoms with E-state index in [0.717, 1.165) is 12.0 Å². The van der Waals surface area contributed by atoms with Crippen LogP contribution in [0.4, 0.5) is 0 Å². The largest absolute Gasteiger partial charge is 0.396 e. The van der Waals surface area contributed by atoms with E-state index >= 15 is 0 Å². The van der Waals surface area contributed by atoms with E-state index < -0.39 is 10.0 Å². The molecule has 7 nitrogen and oxygen atoms in total. The molecule has 25 heavy (non-hydrogen) atoms. The number of aryl methyl sites for hydroxylation is 2. The molecule has 1 N–H and O–H groups in total. The van der Waals surface area contributed by atoms with Gasteiger partial charge in [0.1, 0.15) is 10.4 Å². The molecule has 2 atom stereocenters. The third kappa shape index (κ3) is 2.14. The molecule has 1 saturated carbocycles. The molecule has 1 aromatic heterocycles. The average Bonchev–Trinajstić information content (AvgIpc) is 3.10. The number of hydrogen-bond donors (Lipinski definition) is 1. The van der Waals surface area contributed by atoms with Crippen molar-refractivity contribution in [2.45, 2.75) is 39.0 Å². The fourth-order valence-electron chi connectivity index (χ4n) is 5.17. The molecule has 1 aromatic carbocycles. The van der Waals surface area contributed by atoms with Gasteiger partial charge in [-0.2, -0.15) is 4.31 Å². The second kappa shape index (κ2) is 5.02. The molecule has 4 rings (SSSR count). The van der Waals surface area contributed by atoms with E-state index in [2.05, 4.69) is 24.2 Å². The van der Waals surface area contributed by atoms with Crippen molar-refractivity contribution in [3.63, 3.8) is 0 Å². The number of aromatic nitrogens is 2. The summed E-state index contributed by atoms with van der Waals surface area (Å²) in [5, 5.41) is 17.6. The molecule has 8 heteroatoms. The summed E-state index contributed by atoms with van der Waals surface area (Å²) in [6.07, 6.45) is 0.834. The molecule has 136 valence electrons. The number of sulfonamides is 1. The number of aliphatic hydroxyl groups excluding tert-OH is 1. The van der Waals surface area contributed by atoms with E-state index in [1.165, 1.54) is 4.31 Å². The third-order valence-electron chi connectivity index (χ3n) is 6.15. The van der Waals surface area contributed by atoms with Crippen LogP contribution in [0.5, 0.6) is 0 Å². The minimum atomic E-state index is -3.75. The van der Waals surface area contributed by atoms with Gasteiger partial charge in [0.05, 0.1) is 6.61 Å². The van der Waals surface area contributed by atoms with Crippen LogP contribution in [-0.2, 0) is 10.0 Å². The van der Waals surface area contributed by atoms with Crippen LogP contribution >= 0.6 is 0 Å². The summed E-state index contributed by atoms with van der Waals surface area (Å²) in [4.78, 5) is 0.168. The van der Waals surface area contributed by atoms with Gasteiger partial charge in [0, 0.05) is 18.5 Å². The summed E-state index contributed by atoms with van der Waals surface area (Å²) >= 11 is 0. The van der Waals surface area contributed by atoms with Crippen LogP contribution in [-0.4, -0.2) is 47.8 Å². The second-order valence-electron chi connectivity index (χ2n) is 8.34. The molecule has 0 unspecified atom stereocenters. The van der Waals surface area contributed by atoms with E-state index in [1.54, 1.807) is 13.0 Å². The van der Waals surface area contributed by atoms with Crippen molar-refractivity contribution in [1.82, 2.24) is 14.6 Å². The molecule has 0 spiro atoms. The van der Waals surface area contributed by atoms with Crippen molar-refractivity contribution in [1.29, 1.82) is 0 Å². The lowest BCUT2D eigenvalue weighted by molar-refractivity contribution is -0.0976. The SMILES string of the molecule is Cc1cc(C)c2nonc2c1S(=O)(=O)N1C[C@@H]2C(C)(C)C[C@]2(CO)C1. The predicted molar refractivity (Wildman–Crippen MR) is 91.4 cm³/mol. The Balaban J connectivity index is 1.81. The molecule has 1 saturated heterocycles. The maximum absolute atomic E-state index is 13.4. The highest BCUT2D eigenvalue weighted by atomic mass is 32.2. The first-order valence-corrected chi connectivity index (χ1v) is 9.90. The van der Waals surface area contributed by atoms with Crippen molar-refractivity contribution in [3.8, 4) is 0 Å². The third-order valence-corrected chi connectivity index (χ3v) is 8.14. The Morgan fingerprint density at radius 2 is 1.96 bits per heavy atom. The van der Waals surface area contributed by atoms with Crippen LogP contribution in [0.2, 0.25) is 0 Å². The molecule has 1 aliphatic heterocycles. The minimum Gasteiger partial charge on any atom is -0.396 e. The van der Waals surface area contributed by atoms with Gasteiger partial charge in [-0.1, -0.05) is 19.9 Å². The molecule has 2 heterocycles. The van der Waals surface area contributed by atoms with Gasteiger partial charge in [-0.25, -0.2) is 13.0 Å². The quantitative estimate of drug-likeness (QED) is 0.892. The lowest BCUT2D eigenvalue weighted by atomic mass is 9.48. The normalized spacial score (nSPS) is 28.9. The maximum atomic E-state index is 13.4. The predicted octanol–water partition coefficient (Wildman–Crippen LogP) is 1.87. The fourth-order valence-corrected chi connectivity index (χ4v) is 7.05. The van der Waals surface area contributed by atoms with Crippen LogP contribution in [0.3, 0.4) is 0 Å². The van der Waals surface area contributed by atoms with Gasteiger partial charge in [-0.05, 0) is 53.0 Å². The molecule has 2 aliphatic rings. The van der Waals surface area contributed by atoms with Crippen molar-refractivity contribution in [2.24, 2.45) is 16.7 Å². The fraction of sp³-hybridized carbons (Fsp3) is 0.647. The molecular formula is C17H23N3O4S. The standard InChI is InChI=1S/C17H23N3O4S/c1-10-5-11(2)15(14-13(10)18-24-19-14)25(22,23)20-6-12-16(3,4)7-17(12,8-20)9-21/h5,12,21H,6-9H2,1-4H3/t12-,17-/m1/s1. The maximum Gasteiger partial charge on any atom is 0.245 e. The Morgan fingerprint density at radius 3 is 2.56 bits per heavy atom. The van der Waals surface area contributed by atoms with E-state index in [4.69, 9.17) is 4.63 Å². The van der Waals surface area contributed by atoms with Gasteiger partial charge >= 0.3 is 0 Å². The lowest BCUT2D eigenvalue weighted by Gasteiger charge is -2.56. The highest BCUT2D eigenvalue weighted by Gasteiger charge is 2.64. The number of aliphatic hydroxyl groups is 1. The average molecular weight is 365 g/mol. The van der Waals surface area contributed by atoms with Crippen molar-refractivity contribution < 1.29 is 18.2 Å². The summed E-state index contributed by atoms with van der Waals surface area (Å²) < 4.78 is 33.1. The van der Waals surface area contributed by atoms with Crippen LogP contribution in [0, 0.1) is 30.6 Å². The van der Waals surface area contributed by atoms with Gasteiger partial charge in [-0.15, -0.1) is 0 Å².